The molecular formula is C34H60N4O2. The Balaban J connectivity index is 0.00000391. The molecule has 0 N–H and O–H groups in total. The van der Waals surface area contributed by atoms with Gasteiger partial charge in [0.05, 0.1) is 13.2 Å². The van der Waals surface area contributed by atoms with E-state index in [4.69, 9.17) is 4.74 Å². The minimum atomic E-state index is 0.270. The summed E-state index contributed by atoms with van der Waals surface area (Å²) in [7, 11) is 4.22. The standard InChI is InChI=1S/C32H54N4O2.C2H6/c1-7-9-21-35(22-12-11-20-34(5)6)32(37)26-36(28(4)13-15-30-17-19-33-30)23-18-29-14-16-31(27(3)25-29)38-24-10-8-2;1-2/h14,16-17,19,25,28H,7-13,15,18,20-24,26H2,1-6H3;1-2H3. The Labute approximate surface area is 246 Å². The summed E-state index contributed by atoms with van der Waals surface area (Å²) in [6.07, 6.45) is 13.4. The molecule has 40 heavy (non-hydrogen) atoms. The van der Waals surface area contributed by atoms with Gasteiger partial charge >= 0.3 is 0 Å². The van der Waals surface area contributed by atoms with Gasteiger partial charge in [-0.3, -0.25) is 14.7 Å². The van der Waals surface area contributed by atoms with Crippen LogP contribution in [0.3, 0.4) is 0 Å². The average molecular weight is 557 g/mol. The van der Waals surface area contributed by atoms with Crippen LogP contribution in [0.25, 0.3) is 0 Å². The third-order valence-corrected chi connectivity index (χ3v) is 7.39. The number of aryl methyl sites for hydroxylation is 1. The lowest BCUT2D eigenvalue weighted by Gasteiger charge is -2.32. The number of carbonyl (C=O) groups is 1. The normalized spacial score (nSPS) is 13.0. The molecule has 1 aromatic rings. The van der Waals surface area contributed by atoms with Crippen LogP contribution in [0.5, 0.6) is 5.75 Å². The van der Waals surface area contributed by atoms with Crippen LogP contribution in [-0.4, -0.2) is 85.8 Å². The number of aliphatic imine (C=N–C) groups is 1. The maximum atomic E-state index is 13.6. The minimum absolute atomic E-state index is 0.270. The number of amides is 1. The van der Waals surface area contributed by atoms with Crippen molar-refractivity contribution in [1.29, 1.82) is 0 Å². The molecule has 0 aliphatic carbocycles. The van der Waals surface area contributed by atoms with Crippen LogP contribution in [0.4, 0.5) is 0 Å². The fourth-order valence-corrected chi connectivity index (χ4v) is 4.67. The molecule has 1 aliphatic rings. The van der Waals surface area contributed by atoms with E-state index in [0.717, 1.165) is 96.3 Å². The van der Waals surface area contributed by atoms with Gasteiger partial charge in [-0.25, -0.2) is 0 Å². The number of unbranched alkanes of at least 4 members (excludes halogenated alkanes) is 3. The first kappa shape index (κ1) is 35.8. The van der Waals surface area contributed by atoms with Crippen molar-refractivity contribution >= 4 is 11.6 Å². The Morgan fingerprint density at radius 3 is 2.23 bits per heavy atom. The van der Waals surface area contributed by atoms with Gasteiger partial charge in [0.15, 0.2) is 0 Å². The number of carbonyl (C=O) groups excluding carboxylic acids is 1. The number of nitrogens with zero attached hydrogens (tertiary/aromatic N) is 4. The zero-order valence-electron chi connectivity index (χ0n) is 27.2. The molecule has 0 saturated heterocycles. The third kappa shape index (κ3) is 14.5. The molecule has 2 rings (SSSR count). The summed E-state index contributed by atoms with van der Waals surface area (Å²) in [5, 5.41) is 0. The number of allylic oxidation sites excluding steroid dienone is 1. The van der Waals surface area contributed by atoms with Crippen LogP contribution < -0.4 is 4.74 Å². The van der Waals surface area contributed by atoms with Crippen LogP contribution in [0, 0.1) is 6.92 Å². The van der Waals surface area contributed by atoms with Crippen molar-refractivity contribution < 1.29 is 9.53 Å². The summed E-state index contributed by atoms with van der Waals surface area (Å²) in [5.41, 5.74) is 3.66. The molecule has 1 aliphatic heterocycles. The smallest absolute Gasteiger partial charge is 0.236 e. The van der Waals surface area contributed by atoms with Crippen LogP contribution >= 0.6 is 0 Å². The Morgan fingerprint density at radius 1 is 0.950 bits per heavy atom. The zero-order valence-corrected chi connectivity index (χ0v) is 27.2. The molecule has 0 bridgehead atoms. The molecule has 1 amide bonds. The van der Waals surface area contributed by atoms with Gasteiger partial charge in [0, 0.05) is 37.6 Å². The van der Waals surface area contributed by atoms with E-state index in [2.05, 4.69) is 85.8 Å². The fraction of sp³-hybridized carbons (Fsp3) is 0.706. The van der Waals surface area contributed by atoms with E-state index >= 15 is 0 Å². The summed E-state index contributed by atoms with van der Waals surface area (Å²) in [4.78, 5) is 24.6. The summed E-state index contributed by atoms with van der Waals surface area (Å²) in [5.74, 6) is 1.25. The van der Waals surface area contributed by atoms with E-state index in [-0.39, 0.29) is 5.91 Å². The molecule has 1 heterocycles. The molecule has 228 valence electrons. The molecule has 6 nitrogen and oxygen atoms in total. The quantitative estimate of drug-likeness (QED) is 0.151. The first-order chi connectivity index (χ1) is 19.3. The summed E-state index contributed by atoms with van der Waals surface area (Å²) < 4.78 is 5.95. The van der Waals surface area contributed by atoms with Gasteiger partial charge in [0.1, 0.15) is 5.75 Å². The number of hydrogen-bond donors (Lipinski definition) is 0. The maximum absolute atomic E-state index is 13.6. The maximum Gasteiger partial charge on any atom is 0.236 e. The van der Waals surface area contributed by atoms with Crippen LogP contribution in [-0.2, 0) is 11.2 Å². The Hall–Kier alpha value is -2.18. The highest BCUT2D eigenvalue weighted by atomic mass is 16.5. The summed E-state index contributed by atoms with van der Waals surface area (Å²) in [6.45, 7) is 17.7. The van der Waals surface area contributed by atoms with Crippen molar-refractivity contribution in [3.8, 4) is 5.75 Å². The van der Waals surface area contributed by atoms with Gasteiger partial charge in [-0.15, -0.1) is 0 Å². The second-order valence-electron chi connectivity index (χ2n) is 11.1. The topological polar surface area (TPSA) is 48.4 Å². The number of benzene rings is 1. The van der Waals surface area contributed by atoms with E-state index in [1.165, 1.54) is 16.8 Å². The molecular weight excluding hydrogens is 496 g/mol. The van der Waals surface area contributed by atoms with E-state index in [1.807, 2.05) is 20.0 Å². The Morgan fingerprint density at radius 2 is 1.62 bits per heavy atom. The summed E-state index contributed by atoms with van der Waals surface area (Å²) >= 11 is 0. The lowest BCUT2D eigenvalue weighted by Crippen LogP contribution is -2.45. The first-order valence-corrected chi connectivity index (χ1v) is 16.0. The zero-order chi connectivity index (χ0) is 29.8. The summed E-state index contributed by atoms with van der Waals surface area (Å²) in [6, 6.07) is 6.86. The van der Waals surface area contributed by atoms with E-state index in [1.54, 1.807) is 0 Å². The second-order valence-corrected chi connectivity index (χ2v) is 11.1. The van der Waals surface area contributed by atoms with Gasteiger partial charge in [0.2, 0.25) is 5.91 Å². The minimum Gasteiger partial charge on any atom is -0.493 e. The Bertz CT molecular complexity index is 881. The molecule has 1 aromatic carbocycles. The monoisotopic (exact) mass is 556 g/mol. The van der Waals surface area contributed by atoms with Gasteiger partial charge in [-0.05, 0) is 103 Å². The highest BCUT2D eigenvalue weighted by Gasteiger charge is 2.22. The van der Waals surface area contributed by atoms with Crippen molar-refractivity contribution in [2.45, 2.75) is 105 Å². The molecule has 6 heteroatoms. The van der Waals surface area contributed by atoms with Crippen LogP contribution in [0.2, 0.25) is 0 Å². The van der Waals surface area contributed by atoms with Gasteiger partial charge in [0.25, 0.3) is 0 Å². The van der Waals surface area contributed by atoms with Crippen molar-refractivity contribution in [3.05, 3.63) is 41.6 Å². The third-order valence-electron chi connectivity index (χ3n) is 7.39. The second kappa shape index (κ2) is 21.6. The fourth-order valence-electron chi connectivity index (χ4n) is 4.67. The largest absolute Gasteiger partial charge is 0.493 e. The number of rotatable bonds is 21. The lowest BCUT2D eigenvalue weighted by atomic mass is 10.0. The highest BCUT2D eigenvalue weighted by Crippen LogP contribution is 2.21. The number of ether oxygens (including phenoxy) is 1. The molecule has 1 atom stereocenters. The molecule has 0 fully saturated rings. The van der Waals surface area contributed by atoms with Crippen molar-refractivity contribution in [1.82, 2.24) is 14.7 Å². The van der Waals surface area contributed by atoms with Crippen molar-refractivity contribution in [3.63, 3.8) is 0 Å². The average Bonchev–Trinajstić information content (AvgIpc) is 2.91. The van der Waals surface area contributed by atoms with Gasteiger partial charge in [-0.2, -0.15) is 0 Å². The molecule has 1 unspecified atom stereocenters. The van der Waals surface area contributed by atoms with Gasteiger partial charge in [-0.1, -0.05) is 52.7 Å². The van der Waals surface area contributed by atoms with Crippen molar-refractivity contribution in [2.75, 3.05) is 53.4 Å². The predicted octanol–water partition coefficient (Wildman–Crippen LogP) is 7.15. The highest BCUT2D eigenvalue weighted by molar-refractivity contribution is 5.99. The van der Waals surface area contributed by atoms with Crippen LogP contribution in [0.1, 0.15) is 97.1 Å². The molecule has 0 saturated carbocycles. The predicted molar refractivity (Wildman–Crippen MR) is 173 cm³/mol. The molecule has 0 radical (unpaired) electrons. The molecule has 0 spiro atoms. The van der Waals surface area contributed by atoms with Crippen molar-refractivity contribution in [2.24, 2.45) is 4.99 Å². The molecule has 0 aromatic heterocycles. The first-order valence-electron chi connectivity index (χ1n) is 16.0. The SMILES string of the molecule is CC.CCCCOc1ccc(CCN(CC(=O)N(CCCC)CCCCN(C)C)C(C)CCC2=NC=C2)cc1C. The Kier molecular flexibility index (Phi) is 19.3. The van der Waals surface area contributed by atoms with Crippen LogP contribution in [0.15, 0.2) is 35.5 Å². The lowest BCUT2D eigenvalue weighted by molar-refractivity contribution is -0.133. The van der Waals surface area contributed by atoms with Gasteiger partial charge < -0.3 is 14.5 Å². The van der Waals surface area contributed by atoms with E-state index in [0.29, 0.717) is 12.6 Å². The number of hydrogen-bond acceptors (Lipinski definition) is 5. The van der Waals surface area contributed by atoms with E-state index in [9.17, 15) is 4.79 Å². The van der Waals surface area contributed by atoms with E-state index < -0.39 is 0 Å².